The van der Waals surface area contributed by atoms with E-state index in [1.54, 1.807) is 12.1 Å². The summed E-state index contributed by atoms with van der Waals surface area (Å²) in [5, 5.41) is 14.4. The van der Waals surface area contributed by atoms with Crippen molar-refractivity contribution in [1.29, 1.82) is 0 Å². The van der Waals surface area contributed by atoms with Crippen LogP contribution in [0.25, 0.3) is 16.9 Å². The Labute approximate surface area is 150 Å². The lowest BCUT2D eigenvalue weighted by Crippen LogP contribution is -1.97. The van der Waals surface area contributed by atoms with Crippen LogP contribution in [-0.4, -0.2) is 14.5 Å². The first-order chi connectivity index (χ1) is 12.1. The van der Waals surface area contributed by atoms with Gasteiger partial charge in [-0.2, -0.15) is 0 Å². The lowest BCUT2D eigenvalue weighted by Gasteiger charge is -2.11. The third-order valence-corrected chi connectivity index (χ3v) is 4.53. The highest BCUT2D eigenvalue weighted by atomic mass is 35.5. The highest BCUT2D eigenvalue weighted by Crippen LogP contribution is 2.36. The summed E-state index contributed by atoms with van der Waals surface area (Å²) in [6.07, 6.45) is 1.93. The fraction of sp³-hybridized carbons (Fsp3) is 0.0500. The van der Waals surface area contributed by atoms with E-state index >= 15 is 0 Å². The van der Waals surface area contributed by atoms with Crippen LogP contribution in [-0.2, 0) is 0 Å². The van der Waals surface area contributed by atoms with Gasteiger partial charge in [-0.05, 0) is 48.9 Å². The number of pyridine rings is 1. The van der Waals surface area contributed by atoms with Crippen molar-refractivity contribution in [1.82, 2.24) is 9.38 Å². The summed E-state index contributed by atoms with van der Waals surface area (Å²) in [5.74, 6) is 0.966. The van der Waals surface area contributed by atoms with E-state index in [-0.39, 0.29) is 5.75 Å². The van der Waals surface area contributed by atoms with Crippen molar-refractivity contribution in [3.63, 3.8) is 0 Å². The number of phenolic OH excluding ortho intramolecular Hbond substituents is 1. The van der Waals surface area contributed by atoms with Crippen molar-refractivity contribution >= 4 is 28.8 Å². The zero-order chi connectivity index (χ0) is 17.4. The maximum atomic E-state index is 10.3. The van der Waals surface area contributed by atoms with Gasteiger partial charge in [0.1, 0.15) is 22.9 Å². The standard InChI is InChI=1S/C20H16ClN3O/c1-13-9-10-14(12-16(13)21)22-20-19(15-6-2-3-7-17(15)25)23-18-8-4-5-11-24(18)20/h2-12,22,25H,1H3. The van der Waals surface area contributed by atoms with Gasteiger partial charge in [-0.25, -0.2) is 4.98 Å². The van der Waals surface area contributed by atoms with E-state index < -0.39 is 0 Å². The molecule has 0 radical (unpaired) electrons. The molecule has 0 unspecified atom stereocenters. The molecule has 0 saturated carbocycles. The van der Waals surface area contributed by atoms with Crippen LogP contribution in [0.4, 0.5) is 11.5 Å². The Morgan fingerprint density at radius 1 is 1.04 bits per heavy atom. The number of benzene rings is 2. The minimum absolute atomic E-state index is 0.191. The molecular formula is C20H16ClN3O. The van der Waals surface area contributed by atoms with E-state index in [0.717, 1.165) is 22.7 Å². The number of anilines is 2. The number of hydrogen-bond acceptors (Lipinski definition) is 3. The predicted octanol–water partition coefficient (Wildman–Crippen LogP) is 5.41. The molecule has 0 saturated heterocycles. The molecule has 5 heteroatoms. The van der Waals surface area contributed by atoms with Crippen LogP contribution in [0.15, 0.2) is 66.9 Å². The lowest BCUT2D eigenvalue weighted by atomic mass is 10.1. The summed E-state index contributed by atoms with van der Waals surface area (Å²) in [6.45, 7) is 1.97. The molecule has 0 amide bonds. The second-order valence-electron chi connectivity index (χ2n) is 5.84. The van der Waals surface area contributed by atoms with Crippen LogP contribution in [0.2, 0.25) is 5.02 Å². The van der Waals surface area contributed by atoms with Gasteiger partial charge < -0.3 is 10.4 Å². The third kappa shape index (κ3) is 2.81. The summed E-state index contributed by atoms with van der Waals surface area (Å²) in [4.78, 5) is 4.69. The Morgan fingerprint density at radius 3 is 2.64 bits per heavy atom. The van der Waals surface area contributed by atoms with E-state index in [9.17, 15) is 5.11 Å². The smallest absolute Gasteiger partial charge is 0.143 e. The second kappa shape index (κ2) is 6.15. The number of halogens is 1. The summed E-state index contributed by atoms with van der Waals surface area (Å²) >= 11 is 6.25. The molecule has 0 spiro atoms. The van der Waals surface area contributed by atoms with Crippen molar-refractivity contribution in [2.24, 2.45) is 0 Å². The number of phenols is 1. The minimum atomic E-state index is 0.191. The minimum Gasteiger partial charge on any atom is -0.507 e. The zero-order valence-corrected chi connectivity index (χ0v) is 14.3. The molecule has 0 atom stereocenters. The molecule has 2 aromatic heterocycles. The Bertz CT molecular complexity index is 1070. The van der Waals surface area contributed by atoms with Crippen molar-refractivity contribution in [3.05, 3.63) is 77.4 Å². The number of aryl methyl sites for hydroxylation is 1. The summed E-state index contributed by atoms with van der Waals surface area (Å²) in [6, 6.07) is 18.8. The number of imidazole rings is 1. The zero-order valence-electron chi connectivity index (χ0n) is 13.6. The number of aromatic hydroxyl groups is 1. The molecule has 0 aliphatic heterocycles. The molecule has 2 aromatic carbocycles. The Hall–Kier alpha value is -2.98. The van der Waals surface area contributed by atoms with E-state index in [1.807, 2.05) is 66.1 Å². The quantitative estimate of drug-likeness (QED) is 0.519. The normalized spacial score (nSPS) is 11.0. The molecule has 4 rings (SSSR count). The van der Waals surface area contributed by atoms with Gasteiger partial charge in [0.25, 0.3) is 0 Å². The van der Waals surface area contributed by atoms with E-state index in [2.05, 4.69) is 10.3 Å². The molecule has 25 heavy (non-hydrogen) atoms. The molecule has 2 N–H and O–H groups in total. The number of hydrogen-bond donors (Lipinski definition) is 2. The third-order valence-electron chi connectivity index (χ3n) is 4.12. The summed E-state index contributed by atoms with van der Waals surface area (Å²) in [5.41, 5.74) is 4.03. The molecule has 2 heterocycles. The van der Waals surface area contributed by atoms with Gasteiger partial charge in [-0.3, -0.25) is 4.40 Å². The van der Waals surface area contributed by atoms with Gasteiger partial charge >= 0.3 is 0 Å². The number of rotatable bonds is 3. The molecule has 4 aromatic rings. The van der Waals surface area contributed by atoms with Crippen LogP contribution >= 0.6 is 11.6 Å². The molecular weight excluding hydrogens is 334 g/mol. The SMILES string of the molecule is Cc1ccc(Nc2c(-c3ccccc3O)nc3ccccn23)cc1Cl. The molecule has 0 fully saturated rings. The van der Waals surface area contributed by atoms with Crippen LogP contribution in [0.3, 0.4) is 0 Å². The van der Waals surface area contributed by atoms with Gasteiger partial charge in [0.15, 0.2) is 0 Å². The number of nitrogens with zero attached hydrogens (tertiary/aromatic N) is 2. The van der Waals surface area contributed by atoms with Crippen LogP contribution < -0.4 is 5.32 Å². The fourth-order valence-electron chi connectivity index (χ4n) is 2.78. The average molecular weight is 350 g/mol. The van der Waals surface area contributed by atoms with Gasteiger partial charge in [-0.1, -0.05) is 35.9 Å². The van der Waals surface area contributed by atoms with Crippen LogP contribution in [0, 0.1) is 6.92 Å². The summed E-state index contributed by atoms with van der Waals surface area (Å²) in [7, 11) is 0. The van der Waals surface area contributed by atoms with Crippen molar-refractivity contribution in [2.75, 3.05) is 5.32 Å². The van der Waals surface area contributed by atoms with Crippen LogP contribution in [0.5, 0.6) is 5.75 Å². The van der Waals surface area contributed by atoms with Gasteiger partial charge in [0.2, 0.25) is 0 Å². The second-order valence-corrected chi connectivity index (χ2v) is 6.25. The van der Waals surface area contributed by atoms with E-state index in [0.29, 0.717) is 16.3 Å². The number of para-hydroxylation sites is 1. The predicted molar refractivity (Wildman–Crippen MR) is 102 cm³/mol. The maximum Gasteiger partial charge on any atom is 0.143 e. The molecule has 0 aliphatic carbocycles. The van der Waals surface area contributed by atoms with Crippen molar-refractivity contribution < 1.29 is 5.11 Å². The van der Waals surface area contributed by atoms with E-state index in [1.165, 1.54) is 0 Å². The monoisotopic (exact) mass is 349 g/mol. The average Bonchev–Trinajstić information content (AvgIpc) is 2.97. The number of fused-ring (bicyclic) bond motifs is 1. The van der Waals surface area contributed by atoms with Crippen LogP contribution in [0.1, 0.15) is 5.56 Å². The van der Waals surface area contributed by atoms with Gasteiger partial charge in [0.05, 0.1) is 0 Å². The lowest BCUT2D eigenvalue weighted by molar-refractivity contribution is 0.477. The number of aromatic nitrogens is 2. The first kappa shape index (κ1) is 15.5. The van der Waals surface area contributed by atoms with Crippen molar-refractivity contribution in [3.8, 4) is 17.0 Å². The Balaban J connectivity index is 1.90. The largest absolute Gasteiger partial charge is 0.507 e. The topological polar surface area (TPSA) is 49.6 Å². The van der Waals surface area contributed by atoms with Crippen molar-refractivity contribution in [2.45, 2.75) is 6.92 Å². The first-order valence-corrected chi connectivity index (χ1v) is 8.30. The van der Waals surface area contributed by atoms with E-state index in [4.69, 9.17) is 11.6 Å². The fourth-order valence-corrected chi connectivity index (χ4v) is 2.96. The highest BCUT2D eigenvalue weighted by Gasteiger charge is 2.16. The van der Waals surface area contributed by atoms with Gasteiger partial charge in [-0.15, -0.1) is 0 Å². The number of nitrogens with one attached hydrogen (secondary N) is 1. The van der Waals surface area contributed by atoms with Gasteiger partial charge in [0, 0.05) is 22.5 Å². The Kier molecular flexibility index (Phi) is 3.82. The first-order valence-electron chi connectivity index (χ1n) is 7.92. The molecule has 0 bridgehead atoms. The molecule has 4 nitrogen and oxygen atoms in total. The maximum absolute atomic E-state index is 10.3. The highest BCUT2D eigenvalue weighted by molar-refractivity contribution is 6.31. The Morgan fingerprint density at radius 2 is 1.84 bits per heavy atom. The molecule has 0 aliphatic rings. The summed E-state index contributed by atoms with van der Waals surface area (Å²) < 4.78 is 1.95. The molecule has 124 valence electrons.